The monoisotopic (exact) mass is 231 g/mol. The minimum absolute atomic E-state index is 0.216. The van der Waals surface area contributed by atoms with Gasteiger partial charge in [-0.05, 0) is 5.92 Å². The number of nitrogens with zero attached hydrogens (tertiary/aromatic N) is 3. The van der Waals surface area contributed by atoms with Crippen LogP contribution in [-0.2, 0) is 0 Å². The number of hydrogen-bond acceptors (Lipinski definition) is 4. The highest BCUT2D eigenvalue weighted by Crippen LogP contribution is 2.38. The van der Waals surface area contributed by atoms with Crippen LogP contribution in [0.25, 0.3) is 0 Å². The standard InChI is InChI=1S/C9H14ClN3S/c1-7-3-13(5-9(7,2)4-10)8-12-11-6-14-8/h6-7H,3-5H2,1-2H3. The summed E-state index contributed by atoms with van der Waals surface area (Å²) < 4.78 is 0. The predicted octanol–water partition coefficient (Wildman–Crippen LogP) is 2.24. The van der Waals surface area contributed by atoms with Crippen molar-refractivity contribution in [2.24, 2.45) is 11.3 Å². The average Bonchev–Trinajstić information content (AvgIpc) is 2.76. The molecule has 5 heteroatoms. The number of aromatic nitrogens is 2. The summed E-state index contributed by atoms with van der Waals surface area (Å²) in [5, 5.41) is 8.96. The highest BCUT2D eigenvalue weighted by Gasteiger charge is 2.40. The Morgan fingerprint density at radius 2 is 2.57 bits per heavy atom. The molecule has 0 aromatic carbocycles. The SMILES string of the molecule is CC1CN(c2nncs2)CC1(C)CCl. The smallest absolute Gasteiger partial charge is 0.208 e. The van der Waals surface area contributed by atoms with Crippen LogP contribution in [-0.4, -0.2) is 29.2 Å². The van der Waals surface area contributed by atoms with Crippen molar-refractivity contribution in [3.8, 4) is 0 Å². The summed E-state index contributed by atoms with van der Waals surface area (Å²) in [6, 6.07) is 0. The van der Waals surface area contributed by atoms with Gasteiger partial charge in [0.25, 0.3) is 0 Å². The fourth-order valence-electron chi connectivity index (χ4n) is 1.83. The minimum atomic E-state index is 0.216. The molecule has 0 saturated carbocycles. The summed E-state index contributed by atoms with van der Waals surface area (Å²) in [5.41, 5.74) is 1.99. The second kappa shape index (κ2) is 3.66. The maximum absolute atomic E-state index is 6.01. The van der Waals surface area contributed by atoms with Gasteiger partial charge >= 0.3 is 0 Å². The van der Waals surface area contributed by atoms with E-state index in [0.717, 1.165) is 18.2 Å². The van der Waals surface area contributed by atoms with Crippen molar-refractivity contribution in [2.45, 2.75) is 13.8 Å². The van der Waals surface area contributed by atoms with Crippen molar-refractivity contribution in [1.29, 1.82) is 0 Å². The average molecular weight is 232 g/mol. The lowest BCUT2D eigenvalue weighted by Gasteiger charge is -2.24. The molecule has 3 nitrogen and oxygen atoms in total. The van der Waals surface area contributed by atoms with Gasteiger partial charge in [0.1, 0.15) is 5.51 Å². The molecule has 0 amide bonds. The Balaban J connectivity index is 2.14. The molecule has 2 rings (SSSR count). The topological polar surface area (TPSA) is 29.0 Å². The van der Waals surface area contributed by atoms with E-state index < -0.39 is 0 Å². The molecule has 2 unspecified atom stereocenters. The molecule has 0 bridgehead atoms. The van der Waals surface area contributed by atoms with Crippen LogP contribution in [0.5, 0.6) is 0 Å². The van der Waals surface area contributed by atoms with Gasteiger partial charge in [-0.25, -0.2) is 0 Å². The van der Waals surface area contributed by atoms with Crippen molar-refractivity contribution in [1.82, 2.24) is 10.2 Å². The van der Waals surface area contributed by atoms with E-state index in [-0.39, 0.29) is 5.41 Å². The van der Waals surface area contributed by atoms with Crippen LogP contribution < -0.4 is 4.90 Å². The fourth-order valence-corrected chi connectivity index (χ4v) is 2.75. The summed E-state index contributed by atoms with van der Waals surface area (Å²) in [5.74, 6) is 1.33. The molecule has 1 aliphatic heterocycles. The number of rotatable bonds is 2. The van der Waals surface area contributed by atoms with Crippen LogP contribution in [0.4, 0.5) is 5.13 Å². The summed E-state index contributed by atoms with van der Waals surface area (Å²) in [7, 11) is 0. The number of hydrogen-bond donors (Lipinski definition) is 0. The Morgan fingerprint density at radius 3 is 3.07 bits per heavy atom. The highest BCUT2D eigenvalue weighted by atomic mass is 35.5. The summed E-state index contributed by atoms with van der Waals surface area (Å²) >= 11 is 7.61. The third-order valence-corrected chi connectivity index (χ3v) is 4.52. The first kappa shape index (κ1) is 10.2. The molecule has 0 N–H and O–H groups in total. The first-order valence-electron chi connectivity index (χ1n) is 4.73. The van der Waals surface area contributed by atoms with E-state index in [1.54, 1.807) is 16.8 Å². The quantitative estimate of drug-likeness (QED) is 0.731. The van der Waals surface area contributed by atoms with Gasteiger partial charge in [-0.1, -0.05) is 25.2 Å². The minimum Gasteiger partial charge on any atom is -0.346 e. The summed E-state index contributed by atoms with van der Waals surface area (Å²) in [4.78, 5) is 2.28. The third-order valence-electron chi connectivity index (χ3n) is 3.16. The lowest BCUT2D eigenvalue weighted by molar-refractivity contribution is 0.317. The molecule has 1 fully saturated rings. The summed E-state index contributed by atoms with van der Waals surface area (Å²) in [6.07, 6.45) is 0. The van der Waals surface area contributed by atoms with Crippen molar-refractivity contribution in [3.05, 3.63) is 5.51 Å². The Bertz CT molecular complexity index is 303. The fraction of sp³-hybridized carbons (Fsp3) is 0.778. The Labute approximate surface area is 93.1 Å². The lowest BCUT2D eigenvalue weighted by Crippen LogP contribution is -2.28. The van der Waals surface area contributed by atoms with Gasteiger partial charge in [0.2, 0.25) is 5.13 Å². The van der Waals surface area contributed by atoms with E-state index in [1.807, 2.05) is 0 Å². The largest absolute Gasteiger partial charge is 0.346 e. The van der Waals surface area contributed by atoms with Gasteiger partial charge in [-0.15, -0.1) is 21.8 Å². The van der Waals surface area contributed by atoms with Crippen LogP contribution in [0.3, 0.4) is 0 Å². The molecule has 1 aliphatic rings. The predicted molar refractivity (Wildman–Crippen MR) is 60.1 cm³/mol. The first-order chi connectivity index (χ1) is 6.65. The van der Waals surface area contributed by atoms with Gasteiger partial charge < -0.3 is 4.90 Å². The maximum Gasteiger partial charge on any atom is 0.208 e. The highest BCUT2D eigenvalue weighted by molar-refractivity contribution is 7.13. The zero-order valence-corrected chi connectivity index (χ0v) is 9.98. The van der Waals surface area contributed by atoms with Crippen LogP contribution in [0.1, 0.15) is 13.8 Å². The molecule has 1 aromatic rings. The van der Waals surface area contributed by atoms with E-state index in [4.69, 9.17) is 11.6 Å². The van der Waals surface area contributed by atoms with E-state index in [2.05, 4.69) is 28.9 Å². The van der Waals surface area contributed by atoms with Crippen LogP contribution in [0, 0.1) is 11.3 Å². The normalized spacial score (nSPS) is 32.5. The third kappa shape index (κ3) is 1.61. The van der Waals surface area contributed by atoms with Crippen LogP contribution in [0.15, 0.2) is 5.51 Å². The molecule has 0 aliphatic carbocycles. The van der Waals surface area contributed by atoms with E-state index in [9.17, 15) is 0 Å². The van der Waals surface area contributed by atoms with Gasteiger partial charge in [0.05, 0.1) is 0 Å². The molecular weight excluding hydrogens is 218 g/mol. The van der Waals surface area contributed by atoms with Gasteiger partial charge in [0, 0.05) is 24.4 Å². The van der Waals surface area contributed by atoms with Crippen molar-refractivity contribution in [2.75, 3.05) is 23.9 Å². The van der Waals surface area contributed by atoms with Gasteiger partial charge in [-0.2, -0.15) is 0 Å². The number of halogens is 1. The molecule has 2 heterocycles. The molecule has 0 radical (unpaired) electrons. The molecular formula is C9H14ClN3S. The zero-order chi connectivity index (χ0) is 10.2. The van der Waals surface area contributed by atoms with Crippen molar-refractivity contribution in [3.63, 3.8) is 0 Å². The number of alkyl halides is 1. The Hall–Kier alpha value is -0.350. The van der Waals surface area contributed by atoms with Crippen LogP contribution in [0.2, 0.25) is 0 Å². The second-order valence-electron chi connectivity index (χ2n) is 4.29. The lowest BCUT2D eigenvalue weighted by atomic mass is 9.83. The molecule has 14 heavy (non-hydrogen) atoms. The van der Waals surface area contributed by atoms with Crippen molar-refractivity contribution >= 4 is 28.1 Å². The molecule has 78 valence electrons. The Kier molecular flexibility index (Phi) is 2.66. The van der Waals surface area contributed by atoms with E-state index in [0.29, 0.717) is 11.8 Å². The first-order valence-corrected chi connectivity index (χ1v) is 6.14. The van der Waals surface area contributed by atoms with Crippen LogP contribution >= 0.6 is 22.9 Å². The zero-order valence-electron chi connectivity index (χ0n) is 8.40. The molecule has 1 saturated heterocycles. The molecule has 2 atom stereocenters. The summed E-state index contributed by atoms with van der Waals surface area (Å²) in [6.45, 7) is 6.53. The van der Waals surface area contributed by atoms with Crippen molar-refractivity contribution < 1.29 is 0 Å². The molecule has 1 aromatic heterocycles. The Morgan fingerprint density at radius 1 is 1.79 bits per heavy atom. The molecule has 0 spiro atoms. The van der Waals surface area contributed by atoms with Gasteiger partial charge in [-0.3, -0.25) is 0 Å². The number of anilines is 1. The maximum atomic E-state index is 6.01. The van der Waals surface area contributed by atoms with Gasteiger partial charge in [0.15, 0.2) is 0 Å². The van der Waals surface area contributed by atoms with E-state index in [1.165, 1.54) is 0 Å². The second-order valence-corrected chi connectivity index (χ2v) is 5.37. The van der Waals surface area contributed by atoms with E-state index >= 15 is 0 Å².